The number of carbonyl (C=O) groups is 1. The lowest BCUT2D eigenvalue weighted by Crippen LogP contribution is -2.37. The molecule has 3 nitrogen and oxygen atoms in total. The molecule has 0 radical (unpaired) electrons. The number of nitrogens with zero attached hydrogens (tertiary/aromatic N) is 1. The summed E-state index contributed by atoms with van der Waals surface area (Å²) in [5.74, 6) is 0.0550. The van der Waals surface area contributed by atoms with Crippen LogP contribution in [0.3, 0.4) is 0 Å². The molecule has 0 atom stereocenters. The molecule has 0 aromatic carbocycles. The Kier molecular flexibility index (Phi) is 3.66. The molecular formula is C9H16N2OS. The number of carbonyl (C=O) groups excluding carboxylic acids is 1. The molecular weight excluding hydrogens is 184 g/mol. The van der Waals surface area contributed by atoms with Crippen LogP contribution in [0.1, 0.15) is 32.1 Å². The van der Waals surface area contributed by atoms with Crippen molar-refractivity contribution in [3.8, 4) is 0 Å². The van der Waals surface area contributed by atoms with Crippen molar-refractivity contribution < 1.29 is 4.79 Å². The fourth-order valence-corrected chi connectivity index (χ4v) is 1.89. The maximum Gasteiger partial charge on any atom is 0.229 e. The highest BCUT2D eigenvalue weighted by molar-refractivity contribution is 7.80. The molecule has 1 aliphatic carbocycles. The minimum Gasteiger partial charge on any atom is -0.393 e. The van der Waals surface area contributed by atoms with Crippen LogP contribution in [-0.4, -0.2) is 28.9 Å². The molecule has 4 heteroatoms. The Labute approximate surface area is 84.3 Å². The van der Waals surface area contributed by atoms with Crippen LogP contribution in [0.25, 0.3) is 0 Å². The van der Waals surface area contributed by atoms with Crippen LogP contribution in [0.4, 0.5) is 0 Å². The molecule has 0 aromatic heterocycles. The van der Waals surface area contributed by atoms with Crippen molar-refractivity contribution in [2.45, 2.75) is 38.1 Å². The van der Waals surface area contributed by atoms with Gasteiger partial charge in [0.15, 0.2) is 0 Å². The van der Waals surface area contributed by atoms with Gasteiger partial charge in [-0.15, -0.1) is 0 Å². The molecule has 0 heterocycles. The van der Waals surface area contributed by atoms with Gasteiger partial charge in [-0.1, -0.05) is 25.1 Å². The van der Waals surface area contributed by atoms with Gasteiger partial charge in [-0.3, -0.25) is 4.79 Å². The summed E-state index contributed by atoms with van der Waals surface area (Å²) < 4.78 is 0. The van der Waals surface area contributed by atoms with Gasteiger partial charge < -0.3 is 10.6 Å². The van der Waals surface area contributed by atoms with Crippen LogP contribution in [-0.2, 0) is 4.79 Å². The summed E-state index contributed by atoms with van der Waals surface area (Å²) in [6.45, 7) is 0. The lowest BCUT2D eigenvalue weighted by molar-refractivity contribution is -0.130. The van der Waals surface area contributed by atoms with E-state index in [1.165, 1.54) is 12.8 Å². The predicted octanol–water partition coefficient (Wildman–Crippen LogP) is 1.06. The van der Waals surface area contributed by atoms with Crippen LogP contribution < -0.4 is 5.73 Å². The summed E-state index contributed by atoms with van der Waals surface area (Å²) in [7, 11) is 1.84. The number of thiocarbonyl (C=S) groups is 1. The number of rotatable bonds is 3. The first-order chi connectivity index (χ1) is 6.11. The molecule has 74 valence electrons. The largest absolute Gasteiger partial charge is 0.393 e. The maximum atomic E-state index is 11.5. The van der Waals surface area contributed by atoms with Gasteiger partial charge in [0.2, 0.25) is 5.91 Å². The smallest absolute Gasteiger partial charge is 0.229 e. The molecule has 2 N–H and O–H groups in total. The monoisotopic (exact) mass is 200 g/mol. The molecule has 0 aromatic rings. The summed E-state index contributed by atoms with van der Waals surface area (Å²) in [5.41, 5.74) is 5.31. The first kappa shape index (κ1) is 10.4. The van der Waals surface area contributed by atoms with Gasteiger partial charge in [0.1, 0.15) is 0 Å². The van der Waals surface area contributed by atoms with Gasteiger partial charge in [0, 0.05) is 13.1 Å². The third-order valence-electron chi connectivity index (χ3n) is 2.59. The molecule has 0 saturated heterocycles. The SMILES string of the molecule is CN(C(=O)CC(N)=S)C1CCCC1. The Morgan fingerprint density at radius 1 is 1.54 bits per heavy atom. The fourth-order valence-electron chi connectivity index (χ4n) is 1.77. The van der Waals surface area contributed by atoms with E-state index < -0.39 is 0 Å². The number of hydrogen-bond donors (Lipinski definition) is 1. The Morgan fingerprint density at radius 2 is 2.08 bits per heavy atom. The van der Waals surface area contributed by atoms with E-state index in [0.29, 0.717) is 6.04 Å². The van der Waals surface area contributed by atoms with E-state index in [1.807, 2.05) is 7.05 Å². The summed E-state index contributed by atoms with van der Waals surface area (Å²) in [6, 6.07) is 0.418. The second-order valence-electron chi connectivity index (χ2n) is 3.59. The predicted molar refractivity (Wildman–Crippen MR) is 56.4 cm³/mol. The van der Waals surface area contributed by atoms with Gasteiger partial charge >= 0.3 is 0 Å². The summed E-state index contributed by atoms with van der Waals surface area (Å²) in [5, 5.41) is 0. The van der Waals surface area contributed by atoms with Crippen molar-refractivity contribution in [3.05, 3.63) is 0 Å². The molecule has 0 bridgehead atoms. The third kappa shape index (κ3) is 2.95. The summed E-state index contributed by atoms with van der Waals surface area (Å²) in [4.78, 5) is 13.6. The standard InChI is InChI=1S/C9H16N2OS/c1-11(7-4-2-3-5-7)9(12)6-8(10)13/h7H,2-6H2,1H3,(H2,10,13). The number of nitrogens with two attached hydrogens (primary N) is 1. The van der Waals surface area contributed by atoms with E-state index in [1.54, 1.807) is 4.90 Å². The Bertz CT molecular complexity index is 212. The molecule has 1 rings (SSSR count). The number of hydrogen-bond acceptors (Lipinski definition) is 2. The number of amides is 1. The molecule has 13 heavy (non-hydrogen) atoms. The van der Waals surface area contributed by atoms with E-state index >= 15 is 0 Å². The van der Waals surface area contributed by atoms with Gasteiger partial charge in [-0.05, 0) is 12.8 Å². The van der Waals surface area contributed by atoms with Crippen molar-refractivity contribution in [1.29, 1.82) is 0 Å². The van der Waals surface area contributed by atoms with Crippen LogP contribution in [0.2, 0.25) is 0 Å². The van der Waals surface area contributed by atoms with E-state index in [9.17, 15) is 4.79 Å². The van der Waals surface area contributed by atoms with Crippen molar-refractivity contribution in [2.75, 3.05) is 7.05 Å². The van der Waals surface area contributed by atoms with Crippen LogP contribution in [0.15, 0.2) is 0 Å². The van der Waals surface area contributed by atoms with Gasteiger partial charge in [-0.25, -0.2) is 0 Å². The Hall–Kier alpha value is -0.640. The molecule has 1 fully saturated rings. The zero-order chi connectivity index (χ0) is 9.84. The lowest BCUT2D eigenvalue weighted by Gasteiger charge is -2.23. The highest BCUT2D eigenvalue weighted by Crippen LogP contribution is 2.22. The zero-order valence-electron chi connectivity index (χ0n) is 7.95. The average molecular weight is 200 g/mol. The molecule has 1 saturated carbocycles. The minimum absolute atomic E-state index is 0.0550. The first-order valence-electron chi connectivity index (χ1n) is 4.65. The molecule has 1 aliphatic rings. The fraction of sp³-hybridized carbons (Fsp3) is 0.778. The van der Waals surface area contributed by atoms with Crippen LogP contribution >= 0.6 is 12.2 Å². The van der Waals surface area contributed by atoms with Crippen molar-refractivity contribution in [1.82, 2.24) is 4.90 Å². The van der Waals surface area contributed by atoms with E-state index in [4.69, 9.17) is 18.0 Å². The van der Waals surface area contributed by atoms with Crippen LogP contribution in [0, 0.1) is 0 Å². The molecule has 0 aliphatic heterocycles. The maximum absolute atomic E-state index is 11.5. The van der Waals surface area contributed by atoms with Crippen molar-refractivity contribution in [3.63, 3.8) is 0 Å². The Balaban J connectivity index is 2.41. The molecule has 0 unspecified atom stereocenters. The van der Waals surface area contributed by atoms with Gasteiger partial charge in [0.05, 0.1) is 11.4 Å². The zero-order valence-corrected chi connectivity index (χ0v) is 8.77. The summed E-state index contributed by atoms with van der Waals surface area (Å²) >= 11 is 4.70. The third-order valence-corrected chi connectivity index (χ3v) is 2.74. The molecule has 1 amide bonds. The minimum atomic E-state index is 0.0550. The second-order valence-corrected chi connectivity index (χ2v) is 4.11. The Morgan fingerprint density at radius 3 is 2.54 bits per heavy atom. The van der Waals surface area contributed by atoms with Gasteiger partial charge in [-0.2, -0.15) is 0 Å². The van der Waals surface area contributed by atoms with Crippen LogP contribution in [0.5, 0.6) is 0 Å². The van der Waals surface area contributed by atoms with E-state index in [0.717, 1.165) is 12.8 Å². The first-order valence-corrected chi connectivity index (χ1v) is 5.06. The van der Waals surface area contributed by atoms with E-state index in [-0.39, 0.29) is 17.3 Å². The second kappa shape index (κ2) is 4.56. The topological polar surface area (TPSA) is 46.3 Å². The highest BCUT2D eigenvalue weighted by Gasteiger charge is 2.23. The summed E-state index contributed by atoms with van der Waals surface area (Å²) in [6.07, 6.45) is 4.92. The highest BCUT2D eigenvalue weighted by atomic mass is 32.1. The molecule has 0 spiro atoms. The normalized spacial score (nSPS) is 17.3. The van der Waals surface area contributed by atoms with Gasteiger partial charge in [0.25, 0.3) is 0 Å². The lowest BCUT2D eigenvalue weighted by atomic mass is 10.2. The van der Waals surface area contributed by atoms with Crippen molar-refractivity contribution >= 4 is 23.1 Å². The average Bonchev–Trinajstić information content (AvgIpc) is 2.53. The van der Waals surface area contributed by atoms with E-state index in [2.05, 4.69) is 0 Å². The van der Waals surface area contributed by atoms with Crippen molar-refractivity contribution in [2.24, 2.45) is 5.73 Å². The quantitative estimate of drug-likeness (QED) is 0.693.